The molecule has 1 fully saturated rings. The quantitative estimate of drug-likeness (QED) is 0.593. The van der Waals surface area contributed by atoms with Gasteiger partial charge in [-0.2, -0.15) is 0 Å². The molecule has 1 aliphatic heterocycles. The van der Waals surface area contributed by atoms with Gasteiger partial charge < -0.3 is 14.2 Å². The molecule has 1 atom stereocenters. The van der Waals surface area contributed by atoms with Gasteiger partial charge in [0, 0.05) is 19.6 Å². The average Bonchev–Trinajstić information content (AvgIpc) is 3.35. The minimum atomic E-state index is -0.164. The van der Waals surface area contributed by atoms with Gasteiger partial charge in [0.05, 0.1) is 5.25 Å². The number of benzene rings is 1. The molecule has 1 saturated heterocycles. The van der Waals surface area contributed by atoms with Crippen LogP contribution in [0.3, 0.4) is 0 Å². The predicted octanol–water partition coefficient (Wildman–Crippen LogP) is 4.01. The fraction of sp³-hybridized carbons (Fsp3) is 0.571. The van der Waals surface area contributed by atoms with Gasteiger partial charge in [0.25, 0.3) is 0 Å². The first-order valence-corrected chi connectivity index (χ1v) is 11.0. The number of amides is 1. The van der Waals surface area contributed by atoms with Gasteiger partial charge in [-0.3, -0.25) is 4.79 Å². The molecule has 1 aromatic carbocycles. The Morgan fingerprint density at radius 2 is 1.86 bits per heavy atom. The first kappa shape index (κ1) is 20.7. The van der Waals surface area contributed by atoms with Gasteiger partial charge in [-0.1, -0.05) is 43.8 Å². The van der Waals surface area contributed by atoms with Crippen molar-refractivity contribution in [2.45, 2.75) is 63.6 Å². The summed E-state index contributed by atoms with van der Waals surface area (Å²) in [5.74, 6) is 2.38. The molecule has 6 nitrogen and oxygen atoms in total. The zero-order valence-corrected chi connectivity index (χ0v) is 17.8. The maximum atomic E-state index is 12.7. The number of likely N-dealkylation sites (tertiary alicyclic amines) is 1. The number of carbonyl (C=O) groups is 1. The summed E-state index contributed by atoms with van der Waals surface area (Å²) in [5.41, 5.74) is 0. The minimum Gasteiger partial charge on any atom is -0.486 e. The Morgan fingerprint density at radius 3 is 2.54 bits per heavy atom. The molecule has 1 aliphatic rings. The van der Waals surface area contributed by atoms with Crippen molar-refractivity contribution >= 4 is 17.7 Å². The smallest absolute Gasteiger partial charge is 0.235 e. The largest absolute Gasteiger partial charge is 0.486 e. The molecule has 0 spiro atoms. The van der Waals surface area contributed by atoms with E-state index in [4.69, 9.17) is 4.74 Å². The van der Waals surface area contributed by atoms with Crippen molar-refractivity contribution in [2.75, 3.05) is 13.1 Å². The lowest BCUT2D eigenvalue weighted by Crippen LogP contribution is -2.34. The molecule has 0 bridgehead atoms. The zero-order valence-electron chi connectivity index (χ0n) is 17.0. The molecular formula is C21H30N4O2S. The lowest BCUT2D eigenvalue weighted by atomic mass is 10.1. The lowest BCUT2D eigenvalue weighted by Gasteiger charge is -2.20. The number of nitrogens with zero attached hydrogens (tertiary/aromatic N) is 4. The Labute approximate surface area is 171 Å². The van der Waals surface area contributed by atoms with Crippen molar-refractivity contribution in [3.05, 3.63) is 36.2 Å². The summed E-state index contributed by atoms with van der Waals surface area (Å²) in [6.07, 6.45) is 3.24. The average molecular weight is 403 g/mol. The van der Waals surface area contributed by atoms with Crippen molar-refractivity contribution in [2.24, 2.45) is 5.92 Å². The number of rotatable bonds is 9. The molecule has 0 aliphatic carbocycles. The van der Waals surface area contributed by atoms with Crippen LogP contribution in [-0.2, 0) is 17.9 Å². The van der Waals surface area contributed by atoms with Crippen molar-refractivity contribution in [1.82, 2.24) is 19.7 Å². The third-order valence-electron chi connectivity index (χ3n) is 4.88. The maximum absolute atomic E-state index is 12.7. The molecular weight excluding hydrogens is 372 g/mol. The molecule has 1 amide bonds. The van der Waals surface area contributed by atoms with Crippen molar-refractivity contribution < 1.29 is 9.53 Å². The third kappa shape index (κ3) is 5.50. The second-order valence-corrected chi connectivity index (χ2v) is 8.94. The normalized spacial score (nSPS) is 15.2. The van der Waals surface area contributed by atoms with Gasteiger partial charge >= 0.3 is 0 Å². The van der Waals surface area contributed by atoms with Crippen LogP contribution in [0.2, 0.25) is 0 Å². The van der Waals surface area contributed by atoms with Gasteiger partial charge in [-0.25, -0.2) is 0 Å². The predicted molar refractivity (Wildman–Crippen MR) is 111 cm³/mol. The summed E-state index contributed by atoms with van der Waals surface area (Å²) in [4.78, 5) is 14.6. The number of para-hydroxylation sites is 1. The van der Waals surface area contributed by atoms with E-state index in [1.165, 1.54) is 11.8 Å². The third-order valence-corrected chi connectivity index (χ3v) is 5.95. The molecule has 0 saturated carbocycles. The van der Waals surface area contributed by atoms with E-state index >= 15 is 0 Å². The molecule has 3 rings (SSSR count). The number of ether oxygens (including phenoxy) is 1. The Hall–Kier alpha value is -2.02. The van der Waals surface area contributed by atoms with E-state index in [2.05, 4.69) is 28.6 Å². The van der Waals surface area contributed by atoms with Crippen molar-refractivity contribution in [1.29, 1.82) is 0 Å². The van der Waals surface area contributed by atoms with E-state index in [9.17, 15) is 4.79 Å². The molecule has 2 aromatic rings. The number of thioether (sulfide) groups is 1. The fourth-order valence-electron chi connectivity index (χ4n) is 3.19. The molecule has 1 unspecified atom stereocenters. The molecule has 0 N–H and O–H groups in total. The number of carbonyl (C=O) groups excluding carboxylic acids is 1. The minimum absolute atomic E-state index is 0.164. The van der Waals surface area contributed by atoms with Gasteiger partial charge in [-0.05, 0) is 44.2 Å². The molecule has 28 heavy (non-hydrogen) atoms. The highest BCUT2D eigenvalue weighted by atomic mass is 32.2. The summed E-state index contributed by atoms with van der Waals surface area (Å²) in [6, 6.07) is 9.73. The summed E-state index contributed by atoms with van der Waals surface area (Å²) in [6.45, 7) is 9.32. The van der Waals surface area contributed by atoms with E-state index in [1.54, 1.807) is 0 Å². The SMILES string of the molecule is CC(C)CCn1c(COc2ccccc2)nnc1SC(C)C(=O)N1CCCC1. The summed E-state index contributed by atoms with van der Waals surface area (Å²) in [7, 11) is 0. The molecule has 2 heterocycles. The fourth-order valence-corrected chi connectivity index (χ4v) is 4.17. The molecule has 0 radical (unpaired) electrons. The number of hydrogen-bond donors (Lipinski definition) is 0. The van der Waals surface area contributed by atoms with Crippen LogP contribution in [0.15, 0.2) is 35.5 Å². The number of aromatic nitrogens is 3. The first-order valence-electron chi connectivity index (χ1n) is 10.1. The Morgan fingerprint density at radius 1 is 1.14 bits per heavy atom. The van der Waals surface area contributed by atoms with Crippen LogP contribution in [0.4, 0.5) is 0 Å². The molecule has 152 valence electrons. The van der Waals surface area contributed by atoms with E-state index < -0.39 is 0 Å². The van der Waals surface area contributed by atoms with Crippen LogP contribution in [0.5, 0.6) is 5.75 Å². The Kier molecular flexibility index (Phi) is 7.36. The zero-order chi connectivity index (χ0) is 19.9. The van der Waals surface area contributed by atoms with Gasteiger partial charge in [-0.15, -0.1) is 10.2 Å². The van der Waals surface area contributed by atoms with E-state index in [0.29, 0.717) is 12.5 Å². The highest BCUT2D eigenvalue weighted by Gasteiger charge is 2.26. The van der Waals surface area contributed by atoms with Crippen LogP contribution in [0, 0.1) is 5.92 Å². The van der Waals surface area contributed by atoms with E-state index in [1.807, 2.05) is 42.2 Å². The highest BCUT2D eigenvalue weighted by Crippen LogP contribution is 2.26. The summed E-state index contributed by atoms with van der Waals surface area (Å²) < 4.78 is 7.99. The van der Waals surface area contributed by atoms with Crippen LogP contribution in [-0.4, -0.2) is 43.9 Å². The molecule has 1 aromatic heterocycles. The van der Waals surface area contributed by atoms with E-state index in [0.717, 1.165) is 55.6 Å². The monoisotopic (exact) mass is 402 g/mol. The van der Waals surface area contributed by atoms with Crippen molar-refractivity contribution in [3.8, 4) is 5.75 Å². The van der Waals surface area contributed by atoms with Crippen LogP contribution in [0.25, 0.3) is 0 Å². The van der Waals surface area contributed by atoms with Crippen LogP contribution < -0.4 is 4.74 Å². The van der Waals surface area contributed by atoms with Gasteiger partial charge in [0.2, 0.25) is 5.91 Å². The standard InChI is InChI=1S/C21H30N4O2S/c1-16(2)11-14-25-19(15-27-18-9-5-4-6-10-18)22-23-21(25)28-17(3)20(26)24-12-7-8-13-24/h4-6,9-10,16-17H,7-8,11-15H2,1-3H3. The van der Waals surface area contributed by atoms with Crippen molar-refractivity contribution in [3.63, 3.8) is 0 Å². The summed E-state index contributed by atoms with van der Waals surface area (Å²) >= 11 is 1.50. The number of hydrogen-bond acceptors (Lipinski definition) is 5. The van der Waals surface area contributed by atoms with Crippen LogP contribution >= 0.6 is 11.8 Å². The molecule has 7 heteroatoms. The highest BCUT2D eigenvalue weighted by molar-refractivity contribution is 8.00. The summed E-state index contributed by atoms with van der Waals surface area (Å²) in [5, 5.41) is 9.38. The van der Waals surface area contributed by atoms with Gasteiger partial charge in [0.1, 0.15) is 12.4 Å². The maximum Gasteiger partial charge on any atom is 0.235 e. The van der Waals surface area contributed by atoms with Crippen LogP contribution in [0.1, 0.15) is 45.9 Å². The van der Waals surface area contributed by atoms with Gasteiger partial charge in [0.15, 0.2) is 11.0 Å². The second kappa shape index (κ2) is 9.96. The topological polar surface area (TPSA) is 60.2 Å². The first-order chi connectivity index (χ1) is 13.5. The van der Waals surface area contributed by atoms with E-state index in [-0.39, 0.29) is 11.2 Å². The lowest BCUT2D eigenvalue weighted by molar-refractivity contribution is -0.129. The Balaban J connectivity index is 1.70. The second-order valence-electron chi connectivity index (χ2n) is 7.63. The Bertz CT molecular complexity index is 757.